The lowest BCUT2D eigenvalue weighted by atomic mass is 10.0. The molecule has 12 heteroatoms. The van der Waals surface area contributed by atoms with E-state index in [4.69, 9.17) is 39.5 Å². The molecule has 0 spiro atoms. The molecule has 0 aliphatic rings. The molecule has 0 radical (unpaired) electrons. The molecule has 0 bridgehead atoms. The van der Waals surface area contributed by atoms with Crippen molar-refractivity contribution >= 4 is 62.3 Å². The van der Waals surface area contributed by atoms with Crippen LogP contribution in [0.4, 0.5) is 5.69 Å². The van der Waals surface area contributed by atoms with Crippen molar-refractivity contribution < 1.29 is 22.7 Å². The minimum atomic E-state index is -4.00. The SMILES string of the molecule is CCCCNC(=O)[C@H](Cc1ccccc1)N(Cc1ccc(Cl)c(Cl)c1)C(=O)CN(c1cc(Cl)ccc1OC)S(C)(=O)=O. The lowest BCUT2D eigenvalue weighted by Gasteiger charge is -2.34. The maximum absolute atomic E-state index is 14.2. The summed E-state index contributed by atoms with van der Waals surface area (Å²) in [5.74, 6) is -0.751. The van der Waals surface area contributed by atoms with E-state index in [0.717, 1.165) is 29.0 Å². The van der Waals surface area contributed by atoms with Crippen LogP contribution >= 0.6 is 34.8 Å². The molecule has 0 heterocycles. The van der Waals surface area contributed by atoms with Gasteiger partial charge in [0.05, 0.1) is 29.1 Å². The molecule has 0 unspecified atom stereocenters. The first kappa shape index (κ1) is 33.5. The fourth-order valence-electron chi connectivity index (χ4n) is 4.35. The summed E-state index contributed by atoms with van der Waals surface area (Å²) in [6, 6.07) is 17.8. The van der Waals surface area contributed by atoms with Gasteiger partial charge in [0.25, 0.3) is 0 Å². The van der Waals surface area contributed by atoms with E-state index in [1.807, 2.05) is 37.3 Å². The van der Waals surface area contributed by atoms with E-state index in [1.165, 1.54) is 24.1 Å². The summed E-state index contributed by atoms with van der Waals surface area (Å²) in [7, 11) is -2.60. The minimum Gasteiger partial charge on any atom is -0.495 e. The topological polar surface area (TPSA) is 96.0 Å². The summed E-state index contributed by atoms with van der Waals surface area (Å²) >= 11 is 18.6. The summed E-state index contributed by atoms with van der Waals surface area (Å²) < 4.78 is 32.4. The molecular formula is C30H34Cl3N3O5S. The molecule has 1 atom stereocenters. The summed E-state index contributed by atoms with van der Waals surface area (Å²) in [4.78, 5) is 29.2. The number of carbonyl (C=O) groups is 2. The summed E-state index contributed by atoms with van der Waals surface area (Å²) in [5, 5.41) is 3.83. The van der Waals surface area contributed by atoms with Crippen LogP contribution in [0.5, 0.6) is 5.75 Å². The van der Waals surface area contributed by atoms with E-state index in [0.29, 0.717) is 17.1 Å². The largest absolute Gasteiger partial charge is 0.495 e. The van der Waals surface area contributed by atoms with Gasteiger partial charge in [0.1, 0.15) is 18.3 Å². The van der Waals surface area contributed by atoms with Gasteiger partial charge in [-0.3, -0.25) is 13.9 Å². The molecule has 0 fully saturated rings. The van der Waals surface area contributed by atoms with Gasteiger partial charge in [-0.15, -0.1) is 0 Å². The molecule has 3 aromatic rings. The van der Waals surface area contributed by atoms with Crippen LogP contribution in [0.15, 0.2) is 66.7 Å². The van der Waals surface area contributed by atoms with Gasteiger partial charge >= 0.3 is 0 Å². The molecule has 42 heavy (non-hydrogen) atoms. The molecule has 1 N–H and O–H groups in total. The predicted octanol–water partition coefficient (Wildman–Crippen LogP) is 5.98. The Hall–Kier alpha value is -2.98. The van der Waals surface area contributed by atoms with Crippen LogP contribution < -0.4 is 14.4 Å². The van der Waals surface area contributed by atoms with Crippen LogP contribution in [0.3, 0.4) is 0 Å². The Labute approximate surface area is 262 Å². The number of sulfonamides is 1. The molecule has 0 aliphatic heterocycles. The number of methoxy groups -OCH3 is 1. The molecular weight excluding hydrogens is 621 g/mol. The van der Waals surface area contributed by atoms with Crippen LogP contribution in [0.25, 0.3) is 0 Å². The molecule has 0 saturated heterocycles. The summed E-state index contributed by atoms with van der Waals surface area (Å²) in [6.45, 7) is 1.81. The number of benzene rings is 3. The number of rotatable bonds is 14. The highest BCUT2D eigenvalue weighted by molar-refractivity contribution is 7.92. The molecule has 0 aliphatic carbocycles. The van der Waals surface area contributed by atoms with Crippen molar-refractivity contribution in [1.29, 1.82) is 0 Å². The van der Waals surface area contributed by atoms with E-state index in [1.54, 1.807) is 24.3 Å². The number of nitrogens with zero attached hydrogens (tertiary/aromatic N) is 2. The monoisotopic (exact) mass is 653 g/mol. The van der Waals surface area contributed by atoms with Gasteiger partial charge in [-0.1, -0.05) is 84.5 Å². The third-order valence-electron chi connectivity index (χ3n) is 6.53. The molecule has 8 nitrogen and oxygen atoms in total. The number of nitrogens with one attached hydrogen (secondary N) is 1. The van der Waals surface area contributed by atoms with Crippen molar-refractivity contribution in [2.75, 3.05) is 30.8 Å². The zero-order valence-corrected chi connectivity index (χ0v) is 26.7. The minimum absolute atomic E-state index is 0.0291. The number of anilines is 1. The zero-order valence-electron chi connectivity index (χ0n) is 23.6. The highest BCUT2D eigenvalue weighted by Gasteiger charge is 2.33. The van der Waals surface area contributed by atoms with Crippen LogP contribution in [0.1, 0.15) is 30.9 Å². The number of halogens is 3. The van der Waals surface area contributed by atoms with Crippen LogP contribution in [0, 0.1) is 0 Å². The van der Waals surface area contributed by atoms with E-state index in [2.05, 4.69) is 5.32 Å². The van der Waals surface area contributed by atoms with E-state index in [9.17, 15) is 18.0 Å². The predicted molar refractivity (Wildman–Crippen MR) is 169 cm³/mol. The van der Waals surface area contributed by atoms with Crippen molar-refractivity contribution in [3.05, 3.63) is 92.9 Å². The summed E-state index contributed by atoms with van der Waals surface area (Å²) in [5.41, 5.74) is 1.54. The first-order valence-corrected chi connectivity index (χ1v) is 16.3. The number of ether oxygens (including phenoxy) is 1. The van der Waals surface area contributed by atoms with Crippen molar-refractivity contribution in [3.8, 4) is 5.75 Å². The van der Waals surface area contributed by atoms with Gasteiger partial charge in [-0.2, -0.15) is 0 Å². The van der Waals surface area contributed by atoms with E-state index >= 15 is 0 Å². The third-order valence-corrected chi connectivity index (χ3v) is 8.63. The highest BCUT2D eigenvalue weighted by Crippen LogP contribution is 2.33. The van der Waals surface area contributed by atoms with Gasteiger partial charge in [-0.05, 0) is 47.9 Å². The van der Waals surface area contributed by atoms with Gasteiger partial charge in [0, 0.05) is 24.5 Å². The van der Waals surface area contributed by atoms with Crippen LogP contribution in [0.2, 0.25) is 15.1 Å². The highest BCUT2D eigenvalue weighted by atomic mass is 35.5. The Morgan fingerprint density at radius 2 is 1.67 bits per heavy atom. The molecule has 3 aromatic carbocycles. The van der Waals surface area contributed by atoms with E-state index < -0.39 is 28.5 Å². The quantitative estimate of drug-likeness (QED) is 0.216. The average molecular weight is 655 g/mol. The average Bonchev–Trinajstić information content (AvgIpc) is 2.95. The Morgan fingerprint density at radius 1 is 0.952 bits per heavy atom. The fourth-order valence-corrected chi connectivity index (χ4v) is 5.68. The van der Waals surface area contributed by atoms with Crippen LogP contribution in [-0.4, -0.2) is 57.6 Å². The van der Waals surface area contributed by atoms with Gasteiger partial charge in [0.2, 0.25) is 21.8 Å². The van der Waals surface area contributed by atoms with Crippen LogP contribution in [-0.2, 0) is 32.6 Å². The van der Waals surface area contributed by atoms with Crippen molar-refractivity contribution in [2.45, 2.75) is 38.8 Å². The maximum Gasteiger partial charge on any atom is 0.244 e. The molecule has 0 saturated carbocycles. The number of hydrogen-bond acceptors (Lipinski definition) is 5. The van der Waals surface area contributed by atoms with Crippen molar-refractivity contribution in [3.63, 3.8) is 0 Å². The standard InChI is InChI=1S/C30H34Cl3N3O5S/c1-4-5-15-34-30(38)27(17-21-9-7-6-8-10-21)35(19-22-11-13-24(32)25(33)16-22)29(37)20-36(42(3,39)40)26-18-23(31)12-14-28(26)41-2/h6-14,16,18,27H,4-5,15,17,19-20H2,1-3H3,(H,34,38)/t27-/m0/s1. The van der Waals surface area contributed by atoms with Gasteiger partial charge < -0.3 is 15.0 Å². The van der Waals surface area contributed by atoms with Gasteiger partial charge in [0.15, 0.2) is 0 Å². The molecule has 0 aromatic heterocycles. The van der Waals surface area contributed by atoms with Crippen molar-refractivity contribution in [1.82, 2.24) is 10.2 Å². The second-order valence-electron chi connectivity index (χ2n) is 9.71. The molecule has 3 rings (SSSR count). The third kappa shape index (κ3) is 9.26. The number of carbonyl (C=O) groups excluding carboxylic acids is 2. The lowest BCUT2D eigenvalue weighted by molar-refractivity contribution is -0.140. The molecule has 226 valence electrons. The first-order valence-electron chi connectivity index (χ1n) is 13.3. The Morgan fingerprint density at radius 3 is 2.29 bits per heavy atom. The normalized spacial score (nSPS) is 12.0. The number of unbranched alkanes of at least 4 members (excludes halogenated alkanes) is 1. The number of amides is 2. The first-order chi connectivity index (χ1) is 19.9. The zero-order chi connectivity index (χ0) is 30.9. The summed E-state index contributed by atoms with van der Waals surface area (Å²) in [6.07, 6.45) is 2.83. The lowest BCUT2D eigenvalue weighted by Crippen LogP contribution is -2.53. The smallest absolute Gasteiger partial charge is 0.244 e. The van der Waals surface area contributed by atoms with Gasteiger partial charge in [-0.25, -0.2) is 8.42 Å². The maximum atomic E-state index is 14.2. The second kappa shape index (κ2) is 15.5. The van der Waals surface area contributed by atoms with Crippen molar-refractivity contribution in [2.24, 2.45) is 0 Å². The Balaban J connectivity index is 2.10. The van der Waals surface area contributed by atoms with E-state index in [-0.39, 0.29) is 40.4 Å². The Kier molecular flexibility index (Phi) is 12.4. The second-order valence-corrected chi connectivity index (χ2v) is 12.9. The Bertz CT molecular complexity index is 1490. The number of hydrogen-bond donors (Lipinski definition) is 1. The fraction of sp³-hybridized carbons (Fsp3) is 0.333. The molecule has 2 amide bonds.